The number of anilines is 1. The number of carbonyl (C=O) groups excluding carboxylic acids is 1. The maximum Gasteiger partial charge on any atom is 0.433 e. The average Bonchev–Trinajstić information content (AvgIpc) is 2.58. The molecule has 0 radical (unpaired) electrons. The van der Waals surface area contributed by atoms with Crippen LogP contribution in [0.5, 0.6) is 0 Å². The van der Waals surface area contributed by atoms with Gasteiger partial charge in [0.2, 0.25) is 5.95 Å². The molecule has 11 heteroatoms. The fourth-order valence-electron chi connectivity index (χ4n) is 2.39. The van der Waals surface area contributed by atoms with Gasteiger partial charge in [0.25, 0.3) is 0 Å². The Bertz CT molecular complexity index is 618. The van der Waals surface area contributed by atoms with E-state index in [0.29, 0.717) is 25.9 Å². The number of nitrogens with one attached hydrogen (secondary N) is 2. The third kappa shape index (κ3) is 5.47. The molecule has 0 atom stereocenters. The molecule has 25 heavy (non-hydrogen) atoms. The topological polar surface area (TPSA) is 107 Å². The molecule has 1 aliphatic heterocycles. The van der Waals surface area contributed by atoms with Crippen molar-refractivity contribution < 1.29 is 27.9 Å². The Morgan fingerprint density at radius 2 is 1.96 bits per heavy atom. The van der Waals surface area contributed by atoms with Crippen molar-refractivity contribution in [2.45, 2.75) is 19.0 Å². The van der Waals surface area contributed by atoms with Crippen molar-refractivity contribution in [1.82, 2.24) is 20.2 Å². The smallest absolute Gasteiger partial charge is 0.433 e. The van der Waals surface area contributed by atoms with E-state index in [4.69, 9.17) is 5.11 Å². The molecular weight excluding hydrogens is 343 g/mol. The van der Waals surface area contributed by atoms with Gasteiger partial charge in [-0.05, 0) is 18.9 Å². The molecule has 0 spiro atoms. The van der Waals surface area contributed by atoms with Crippen LogP contribution in [-0.4, -0.2) is 58.2 Å². The lowest BCUT2D eigenvalue weighted by molar-refractivity contribution is -0.143. The van der Waals surface area contributed by atoms with Crippen LogP contribution in [0, 0.1) is 5.92 Å². The van der Waals surface area contributed by atoms with Gasteiger partial charge in [-0.25, -0.2) is 14.8 Å². The lowest BCUT2D eigenvalue weighted by Crippen LogP contribution is -2.46. The molecule has 2 rings (SSSR count). The lowest BCUT2D eigenvalue weighted by Gasteiger charge is -2.30. The fraction of sp³-hybridized carbons (Fsp3) is 0.571. The number of hydrogen-bond acceptors (Lipinski definition) is 5. The highest BCUT2D eigenvalue weighted by atomic mass is 19.4. The van der Waals surface area contributed by atoms with Crippen molar-refractivity contribution in [2.24, 2.45) is 5.92 Å². The molecule has 1 aromatic rings. The first-order valence-electron chi connectivity index (χ1n) is 7.67. The number of aliphatic carboxylic acids is 1. The largest absolute Gasteiger partial charge is 0.481 e. The van der Waals surface area contributed by atoms with E-state index < -0.39 is 23.8 Å². The first-order chi connectivity index (χ1) is 11.8. The van der Waals surface area contributed by atoms with Crippen LogP contribution in [0.2, 0.25) is 0 Å². The normalized spacial score (nSPS) is 15.7. The van der Waals surface area contributed by atoms with Crippen LogP contribution >= 0.6 is 0 Å². The molecule has 0 saturated carbocycles. The summed E-state index contributed by atoms with van der Waals surface area (Å²) in [6, 6.07) is 0.434. The van der Waals surface area contributed by atoms with E-state index in [1.165, 1.54) is 4.90 Å². The number of carboxylic acid groups (broad SMARTS) is 1. The standard InChI is InChI=1S/C14H18F3N5O3/c15-14(16,17)10-1-4-18-12(21-10)19-5-6-20-13(25)22-7-2-9(3-8-22)11(23)24/h1,4,9H,2-3,5-8H2,(H,20,25)(H,23,24)(H,18,19,21). The molecule has 0 bridgehead atoms. The van der Waals surface area contributed by atoms with Crippen LogP contribution in [0.15, 0.2) is 12.3 Å². The molecule has 2 heterocycles. The summed E-state index contributed by atoms with van der Waals surface area (Å²) in [7, 11) is 0. The number of halogens is 3. The van der Waals surface area contributed by atoms with Crippen molar-refractivity contribution in [2.75, 3.05) is 31.5 Å². The summed E-state index contributed by atoms with van der Waals surface area (Å²) in [5, 5.41) is 14.1. The minimum Gasteiger partial charge on any atom is -0.481 e. The van der Waals surface area contributed by atoms with Crippen molar-refractivity contribution in [3.63, 3.8) is 0 Å². The number of rotatable bonds is 5. The number of piperidine rings is 1. The van der Waals surface area contributed by atoms with E-state index in [1.54, 1.807) is 0 Å². The monoisotopic (exact) mass is 361 g/mol. The third-order valence-corrected chi connectivity index (χ3v) is 3.76. The number of likely N-dealkylation sites (tertiary alicyclic amines) is 1. The van der Waals surface area contributed by atoms with Gasteiger partial charge in [-0.2, -0.15) is 13.2 Å². The number of hydrogen-bond donors (Lipinski definition) is 3. The van der Waals surface area contributed by atoms with E-state index in [2.05, 4.69) is 20.6 Å². The number of carboxylic acids is 1. The maximum absolute atomic E-state index is 12.5. The van der Waals surface area contributed by atoms with Crippen molar-refractivity contribution >= 4 is 17.9 Å². The summed E-state index contributed by atoms with van der Waals surface area (Å²) in [6.07, 6.45) is -2.74. The molecule has 3 N–H and O–H groups in total. The zero-order valence-corrected chi connectivity index (χ0v) is 13.2. The first kappa shape index (κ1) is 18.7. The molecule has 2 amide bonds. The summed E-state index contributed by atoms with van der Waals surface area (Å²) < 4.78 is 37.6. The highest BCUT2D eigenvalue weighted by Crippen LogP contribution is 2.27. The van der Waals surface area contributed by atoms with E-state index in [1.807, 2.05) is 0 Å². The zero-order valence-electron chi connectivity index (χ0n) is 13.2. The molecule has 0 aliphatic carbocycles. The van der Waals surface area contributed by atoms with Crippen molar-refractivity contribution in [1.29, 1.82) is 0 Å². The molecule has 1 aromatic heterocycles. The second-order valence-corrected chi connectivity index (χ2v) is 5.52. The summed E-state index contributed by atoms with van der Waals surface area (Å²) in [4.78, 5) is 31.3. The number of urea groups is 1. The van der Waals surface area contributed by atoms with Crippen molar-refractivity contribution in [3.8, 4) is 0 Å². The molecule has 1 aliphatic rings. The van der Waals surface area contributed by atoms with E-state index in [9.17, 15) is 22.8 Å². The highest BCUT2D eigenvalue weighted by molar-refractivity contribution is 5.75. The van der Waals surface area contributed by atoms with E-state index in [0.717, 1.165) is 12.3 Å². The maximum atomic E-state index is 12.5. The van der Waals surface area contributed by atoms with Gasteiger partial charge < -0.3 is 20.6 Å². The number of aromatic nitrogens is 2. The average molecular weight is 361 g/mol. The minimum atomic E-state index is -4.55. The molecule has 0 aromatic carbocycles. The Kier molecular flexibility index (Phi) is 5.99. The Morgan fingerprint density at radius 3 is 2.56 bits per heavy atom. The Hall–Kier alpha value is -2.59. The quantitative estimate of drug-likeness (QED) is 0.685. The first-order valence-corrected chi connectivity index (χ1v) is 7.67. The highest BCUT2D eigenvalue weighted by Gasteiger charge is 2.32. The van der Waals surface area contributed by atoms with Gasteiger partial charge in [0, 0.05) is 32.4 Å². The summed E-state index contributed by atoms with van der Waals surface area (Å²) in [5.41, 5.74) is -1.05. The number of alkyl halides is 3. The molecule has 1 fully saturated rings. The van der Waals surface area contributed by atoms with Gasteiger partial charge in [-0.15, -0.1) is 0 Å². The number of amides is 2. The summed E-state index contributed by atoms with van der Waals surface area (Å²) >= 11 is 0. The van der Waals surface area contributed by atoms with E-state index >= 15 is 0 Å². The molecule has 8 nitrogen and oxygen atoms in total. The predicted molar refractivity (Wildman–Crippen MR) is 80.9 cm³/mol. The Balaban J connectivity index is 1.71. The van der Waals surface area contributed by atoms with Crippen LogP contribution in [0.4, 0.5) is 23.9 Å². The van der Waals surface area contributed by atoms with Gasteiger partial charge >= 0.3 is 18.2 Å². The SMILES string of the molecule is O=C(O)C1CCN(C(=O)NCCNc2nccc(C(F)(F)F)n2)CC1. The molecule has 138 valence electrons. The van der Waals surface area contributed by atoms with Gasteiger partial charge in [0.05, 0.1) is 5.92 Å². The lowest BCUT2D eigenvalue weighted by atomic mass is 9.97. The second-order valence-electron chi connectivity index (χ2n) is 5.52. The van der Waals surface area contributed by atoms with Gasteiger partial charge in [0.1, 0.15) is 5.69 Å². The van der Waals surface area contributed by atoms with Crippen LogP contribution in [0.25, 0.3) is 0 Å². The van der Waals surface area contributed by atoms with Crippen molar-refractivity contribution in [3.05, 3.63) is 18.0 Å². The number of carbonyl (C=O) groups is 2. The van der Waals surface area contributed by atoms with Gasteiger partial charge in [-0.3, -0.25) is 4.79 Å². The molecule has 0 unspecified atom stereocenters. The fourth-order valence-corrected chi connectivity index (χ4v) is 2.39. The Labute approximate surface area is 141 Å². The van der Waals surface area contributed by atoms with Crippen LogP contribution in [0.1, 0.15) is 18.5 Å². The van der Waals surface area contributed by atoms with Gasteiger partial charge in [0.15, 0.2) is 0 Å². The van der Waals surface area contributed by atoms with Gasteiger partial charge in [-0.1, -0.05) is 0 Å². The Morgan fingerprint density at radius 1 is 1.28 bits per heavy atom. The predicted octanol–water partition coefficient (Wildman–Crippen LogP) is 1.41. The number of nitrogens with zero attached hydrogens (tertiary/aromatic N) is 3. The minimum absolute atomic E-state index is 0.151. The van der Waals surface area contributed by atoms with Crippen LogP contribution in [0.3, 0.4) is 0 Å². The molecular formula is C14H18F3N5O3. The molecule has 1 saturated heterocycles. The second kappa shape index (κ2) is 7.99. The third-order valence-electron chi connectivity index (χ3n) is 3.76. The summed E-state index contributed by atoms with van der Waals surface area (Å²) in [5.74, 6) is -1.46. The zero-order chi connectivity index (χ0) is 18.4. The van der Waals surface area contributed by atoms with Crippen LogP contribution < -0.4 is 10.6 Å². The summed E-state index contributed by atoms with van der Waals surface area (Å²) in [6.45, 7) is 1.02. The van der Waals surface area contributed by atoms with Crippen LogP contribution in [-0.2, 0) is 11.0 Å². The van der Waals surface area contributed by atoms with E-state index in [-0.39, 0.29) is 25.1 Å².